The summed E-state index contributed by atoms with van der Waals surface area (Å²) >= 11 is 3.32. The van der Waals surface area contributed by atoms with E-state index >= 15 is 0 Å². The molecule has 0 heterocycles. The highest BCUT2D eigenvalue weighted by Gasteiger charge is 2.12. The number of nitrogens with one attached hydrogen (secondary N) is 1. The molecule has 0 aliphatic heterocycles. The number of anilines is 2. The van der Waals surface area contributed by atoms with Gasteiger partial charge in [-0.15, -0.1) is 0 Å². The fourth-order valence-corrected chi connectivity index (χ4v) is 2.13. The third kappa shape index (κ3) is 2.91. The van der Waals surface area contributed by atoms with Crippen LogP contribution >= 0.6 is 15.9 Å². The van der Waals surface area contributed by atoms with E-state index in [-0.39, 0.29) is 11.3 Å². The summed E-state index contributed by atoms with van der Waals surface area (Å²) in [4.78, 5) is 0. The first-order chi connectivity index (χ1) is 9.01. The minimum atomic E-state index is -0.793. The molecule has 0 aliphatic carbocycles. The van der Waals surface area contributed by atoms with Gasteiger partial charge in [0.15, 0.2) is 11.6 Å². The van der Waals surface area contributed by atoms with E-state index in [1.54, 1.807) is 18.2 Å². The van der Waals surface area contributed by atoms with Crippen LogP contribution in [0.3, 0.4) is 0 Å². The third-order valence-corrected chi connectivity index (χ3v) is 3.11. The Morgan fingerprint density at radius 1 is 1.16 bits per heavy atom. The maximum Gasteiger partial charge on any atom is 0.150 e. The molecule has 0 atom stereocenters. The molecule has 1 N–H and O–H groups in total. The SMILES string of the molecule is Cc1cc(Br)ccc1Nc1c(F)cc(C#N)cc1F. The van der Waals surface area contributed by atoms with E-state index in [9.17, 15) is 8.78 Å². The first-order valence-electron chi connectivity index (χ1n) is 5.43. The Hall–Kier alpha value is -1.93. The lowest BCUT2D eigenvalue weighted by atomic mass is 10.1. The average molecular weight is 323 g/mol. The maximum absolute atomic E-state index is 13.7. The van der Waals surface area contributed by atoms with Crippen molar-refractivity contribution in [2.45, 2.75) is 6.92 Å². The Morgan fingerprint density at radius 2 is 1.79 bits per heavy atom. The van der Waals surface area contributed by atoms with Crippen LogP contribution in [0.15, 0.2) is 34.8 Å². The molecule has 2 rings (SSSR count). The monoisotopic (exact) mass is 322 g/mol. The van der Waals surface area contributed by atoms with Crippen molar-refractivity contribution in [3.8, 4) is 6.07 Å². The lowest BCUT2D eigenvalue weighted by Crippen LogP contribution is -2.00. The summed E-state index contributed by atoms with van der Waals surface area (Å²) in [6, 6.07) is 9.03. The first-order valence-corrected chi connectivity index (χ1v) is 6.23. The molecule has 0 amide bonds. The van der Waals surface area contributed by atoms with E-state index in [2.05, 4.69) is 21.2 Å². The Labute approximate surface area is 117 Å². The zero-order valence-electron chi connectivity index (χ0n) is 9.97. The Balaban J connectivity index is 2.41. The van der Waals surface area contributed by atoms with Gasteiger partial charge >= 0.3 is 0 Å². The van der Waals surface area contributed by atoms with Gasteiger partial charge in [0.1, 0.15) is 5.69 Å². The van der Waals surface area contributed by atoms with E-state index in [0.29, 0.717) is 5.69 Å². The van der Waals surface area contributed by atoms with Crippen LogP contribution < -0.4 is 5.32 Å². The van der Waals surface area contributed by atoms with Crippen molar-refractivity contribution in [1.29, 1.82) is 5.26 Å². The molecule has 0 aromatic heterocycles. The van der Waals surface area contributed by atoms with Crippen molar-refractivity contribution in [3.63, 3.8) is 0 Å². The van der Waals surface area contributed by atoms with Gasteiger partial charge in [0, 0.05) is 10.2 Å². The molecule has 0 radical (unpaired) electrons. The summed E-state index contributed by atoms with van der Waals surface area (Å²) in [7, 11) is 0. The fraction of sp³-hybridized carbons (Fsp3) is 0.0714. The molecule has 96 valence electrons. The Morgan fingerprint density at radius 3 is 2.32 bits per heavy atom. The van der Waals surface area contributed by atoms with Crippen molar-refractivity contribution in [3.05, 3.63) is 57.6 Å². The molecule has 5 heteroatoms. The van der Waals surface area contributed by atoms with Crippen molar-refractivity contribution < 1.29 is 8.78 Å². The minimum absolute atomic E-state index is 0.0481. The van der Waals surface area contributed by atoms with Gasteiger partial charge in [-0.2, -0.15) is 5.26 Å². The molecule has 0 fully saturated rings. The van der Waals surface area contributed by atoms with Crippen LogP contribution in [0.1, 0.15) is 11.1 Å². The zero-order chi connectivity index (χ0) is 14.0. The first kappa shape index (κ1) is 13.5. The van der Waals surface area contributed by atoms with Crippen molar-refractivity contribution in [2.24, 2.45) is 0 Å². The highest BCUT2D eigenvalue weighted by Crippen LogP contribution is 2.28. The summed E-state index contributed by atoms with van der Waals surface area (Å²) in [6.07, 6.45) is 0. The van der Waals surface area contributed by atoms with Crippen LogP contribution in [0.4, 0.5) is 20.2 Å². The zero-order valence-corrected chi connectivity index (χ0v) is 11.6. The number of benzene rings is 2. The molecule has 0 bridgehead atoms. The van der Waals surface area contributed by atoms with Gasteiger partial charge in [0.2, 0.25) is 0 Å². The number of halogens is 3. The number of nitrogens with zero attached hydrogens (tertiary/aromatic N) is 1. The van der Waals surface area contributed by atoms with Crippen molar-refractivity contribution in [2.75, 3.05) is 5.32 Å². The van der Waals surface area contributed by atoms with Gasteiger partial charge in [0.25, 0.3) is 0 Å². The molecule has 2 aromatic rings. The van der Waals surface area contributed by atoms with Gasteiger partial charge < -0.3 is 5.32 Å². The predicted molar refractivity (Wildman–Crippen MR) is 73.2 cm³/mol. The molecular weight excluding hydrogens is 314 g/mol. The highest BCUT2D eigenvalue weighted by atomic mass is 79.9. The molecule has 0 spiro atoms. The summed E-state index contributed by atoms with van der Waals surface area (Å²) < 4.78 is 28.3. The number of nitriles is 1. The van der Waals surface area contributed by atoms with Gasteiger partial charge in [-0.25, -0.2) is 8.78 Å². The lowest BCUT2D eigenvalue weighted by molar-refractivity contribution is 0.590. The second kappa shape index (κ2) is 5.37. The van der Waals surface area contributed by atoms with Crippen LogP contribution in [0.5, 0.6) is 0 Å². The predicted octanol–water partition coefficient (Wildman–Crippen LogP) is 4.65. The molecule has 2 aromatic carbocycles. The second-order valence-corrected chi connectivity index (χ2v) is 4.93. The van der Waals surface area contributed by atoms with Gasteiger partial charge in [0.05, 0.1) is 11.6 Å². The van der Waals surface area contributed by atoms with E-state index in [0.717, 1.165) is 22.2 Å². The molecular formula is C14H9BrF2N2. The van der Waals surface area contributed by atoms with E-state index in [4.69, 9.17) is 5.26 Å². The van der Waals surface area contributed by atoms with Crippen LogP contribution in [0, 0.1) is 29.9 Å². The van der Waals surface area contributed by atoms with Crippen molar-refractivity contribution in [1.82, 2.24) is 0 Å². The van der Waals surface area contributed by atoms with E-state index < -0.39 is 11.6 Å². The van der Waals surface area contributed by atoms with Gasteiger partial charge in [-0.3, -0.25) is 0 Å². The van der Waals surface area contributed by atoms with E-state index in [1.165, 1.54) is 0 Å². The number of aryl methyl sites for hydroxylation is 1. The largest absolute Gasteiger partial charge is 0.351 e. The highest BCUT2D eigenvalue weighted by molar-refractivity contribution is 9.10. The summed E-state index contributed by atoms with van der Waals surface area (Å²) in [5, 5.41) is 11.3. The number of hydrogen-bond acceptors (Lipinski definition) is 2. The van der Waals surface area contributed by atoms with Crippen LogP contribution in [-0.4, -0.2) is 0 Å². The summed E-state index contributed by atoms with van der Waals surface area (Å²) in [5.74, 6) is -1.59. The van der Waals surface area contributed by atoms with Crippen LogP contribution in [0.25, 0.3) is 0 Å². The van der Waals surface area contributed by atoms with Crippen LogP contribution in [0.2, 0.25) is 0 Å². The van der Waals surface area contributed by atoms with Crippen LogP contribution in [-0.2, 0) is 0 Å². The Kier molecular flexibility index (Phi) is 3.82. The smallest absolute Gasteiger partial charge is 0.150 e. The van der Waals surface area contributed by atoms with Gasteiger partial charge in [-0.05, 0) is 42.8 Å². The molecule has 0 saturated carbocycles. The summed E-state index contributed by atoms with van der Waals surface area (Å²) in [5.41, 5.74) is 1.14. The number of rotatable bonds is 2. The normalized spacial score (nSPS) is 10.1. The second-order valence-electron chi connectivity index (χ2n) is 4.01. The molecule has 0 aliphatic rings. The minimum Gasteiger partial charge on any atom is -0.351 e. The molecule has 19 heavy (non-hydrogen) atoms. The molecule has 2 nitrogen and oxygen atoms in total. The van der Waals surface area contributed by atoms with Crippen molar-refractivity contribution >= 4 is 27.3 Å². The average Bonchev–Trinajstić information content (AvgIpc) is 2.35. The summed E-state index contributed by atoms with van der Waals surface area (Å²) in [6.45, 7) is 1.83. The third-order valence-electron chi connectivity index (χ3n) is 2.62. The molecule has 0 unspecified atom stereocenters. The fourth-order valence-electron chi connectivity index (χ4n) is 1.66. The Bertz CT molecular complexity index is 655. The van der Waals surface area contributed by atoms with Gasteiger partial charge in [-0.1, -0.05) is 15.9 Å². The number of hydrogen-bond donors (Lipinski definition) is 1. The lowest BCUT2D eigenvalue weighted by Gasteiger charge is -2.11. The van der Waals surface area contributed by atoms with E-state index in [1.807, 2.05) is 13.0 Å². The maximum atomic E-state index is 13.7. The standard InChI is InChI=1S/C14H9BrF2N2/c1-8-4-10(15)2-3-13(8)19-14-11(16)5-9(7-18)6-12(14)17/h2-6,19H,1H3. The topological polar surface area (TPSA) is 35.8 Å². The quantitative estimate of drug-likeness (QED) is 0.873. The molecule has 0 saturated heterocycles.